The summed E-state index contributed by atoms with van der Waals surface area (Å²) in [5.74, 6) is 0.0666. The van der Waals surface area contributed by atoms with Crippen molar-refractivity contribution < 1.29 is 4.79 Å². The van der Waals surface area contributed by atoms with E-state index < -0.39 is 0 Å². The summed E-state index contributed by atoms with van der Waals surface area (Å²) in [5, 5.41) is 3.04. The Morgan fingerprint density at radius 1 is 0.903 bits per heavy atom. The predicted octanol–water partition coefficient (Wildman–Crippen LogP) is 2.18. The molecule has 0 radical (unpaired) electrons. The van der Waals surface area contributed by atoms with E-state index in [4.69, 9.17) is 0 Å². The van der Waals surface area contributed by atoms with E-state index in [1.165, 1.54) is 0 Å². The van der Waals surface area contributed by atoms with Gasteiger partial charge >= 0.3 is 0 Å². The lowest BCUT2D eigenvalue weighted by molar-refractivity contribution is -0.121. The highest BCUT2D eigenvalue weighted by molar-refractivity contribution is 5.79. The number of nitrogens with zero attached hydrogens (tertiary/aromatic N) is 4. The zero-order valence-corrected chi connectivity index (χ0v) is 18.4. The third-order valence-corrected chi connectivity index (χ3v) is 6.32. The highest BCUT2D eigenvalue weighted by atomic mass is 16.1. The molecule has 3 aromatic rings. The van der Waals surface area contributed by atoms with Gasteiger partial charge in [0.05, 0.1) is 11.0 Å². The highest BCUT2D eigenvalue weighted by Gasteiger charge is 2.15. The van der Waals surface area contributed by atoms with Crippen LogP contribution in [0.2, 0.25) is 0 Å². The SMILES string of the molecule is CCN1CCN(CCCNC(=O)CCCn2c(=O)c3cccn3c3ccccc32)CC1. The van der Waals surface area contributed by atoms with Gasteiger partial charge in [-0.05, 0) is 50.2 Å². The molecule has 0 saturated carbocycles. The molecule has 0 atom stereocenters. The van der Waals surface area contributed by atoms with Crippen molar-refractivity contribution in [1.29, 1.82) is 0 Å². The molecule has 0 unspecified atom stereocenters. The molecule has 1 fully saturated rings. The summed E-state index contributed by atoms with van der Waals surface area (Å²) in [5.41, 5.74) is 2.57. The zero-order valence-electron chi connectivity index (χ0n) is 18.4. The second kappa shape index (κ2) is 10.1. The standard InChI is InChI=1S/C24H33N5O2/c1-2-26-16-18-27(19-17-26)13-7-12-25-23(30)11-6-15-29-21-9-4-3-8-20(21)28-14-5-10-22(28)24(29)31/h3-5,8-10,14H,2,6-7,11-13,15-19H2,1H3,(H,25,30). The molecule has 0 spiro atoms. The first-order valence-corrected chi connectivity index (χ1v) is 11.5. The summed E-state index contributed by atoms with van der Waals surface area (Å²) in [6.45, 7) is 10.2. The summed E-state index contributed by atoms with van der Waals surface area (Å²) < 4.78 is 3.73. The van der Waals surface area contributed by atoms with E-state index in [2.05, 4.69) is 22.0 Å². The molecule has 1 saturated heterocycles. The molecule has 3 heterocycles. The van der Waals surface area contributed by atoms with Crippen molar-refractivity contribution in [2.24, 2.45) is 0 Å². The minimum absolute atomic E-state index is 0.00715. The number of fused-ring (bicyclic) bond motifs is 3. The third-order valence-electron chi connectivity index (χ3n) is 6.32. The van der Waals surface area contributed by atoms with Crippen LogP contribution in [-0.2, 0) is 11.3 Å². The Hall–Kier alpha value is -2.64. The molecule has 31 heavy (non-hydrogen) atoms. The second-order valence-corrected chi connectivity index (χ2v) is 8.29. The Labute approximate surface area is 183 Å². The topological polar surface area (TPSA) is 62.0 Å². The predicted molar refractivity (Wildman–Crippen MR) is 125 cm³/mol. The largest absolute Gasteiger partial charge is 0.356 e. The molecule has 1 aromatic carbocycles. The second-order valence-electron chi connectivity index (χ2n) is 8.29. The number of carbonyl (C=O) groups excluding carboxylic acids is 1. The number of benzene rings is 1. The van der Waals surface area contributed by atoms with Crippen molar-refractivity contribution in [3.8, 4) is 0 Å². The van der Waals surface area contributed by atoms with Crippen LogP contribution in [0.25, 0.3) is 16.6 Å². The van der Waals surface area contributed by atoms with Crippen molar-refractivity contribution in [1.82, 2.24) is 24.1 Å². The molecule has 0 aliphatic carbocycles. The van der Waals surface area contributed by atoms with E-state index >= 15 is 0 Å². The van der Waals surface area contributed by atoms with Gasteiger partial charge in [0.15, 0.2) is 0 Å². The number of rotatable bonds is 9. The molecule has 1 N–H and O–H groups in total. The van der Waals surface area contributed by atoms with E-state index in [0.29, 0.717) is 31.4 Å². The van der Waals surface area contributed by atoms with Gasteiger partial charge < -0.3 is 24.1 Å². The van der Waals surface area contributed by atoms with Gasteiger partial charge in [-0.25, -0.2) is 0 Å². The molecule has 4 rings (SSSR count). The van der Waals surface area contributed by atoms with E-state index in [0.717, 1.165) is 56.7 Å². The van der Waals surface area contributed by atoms with Crippen LogP contribution in [0.3, 0.4) is 0 Å². The van der Waals surface area contributed by atoms with Crippen molar-refractivity contribution in [3.63, 3.8) is 0 Å². The maximum absolute atomic E-state index is 12.9. The minimum atomic E-state index is -0.00715. The Balaban J connectivity index is 1.24. The fourth-order valence-corrected chi connectivity index (χ4v) is 4.48. The fourth-order valence-electron chi connectivity index (χ4n) is 4.48. The number of piperazine rings is 1. The number of para-hydroxylation sites is 2. The Bertz CT molecular complexity index is 1080. The summed E-state index contributed by atoms with van der Waals surface area (Å²) >= 11 is 0. The smallest absolute Gasteiger partial charge is 0.275 e. The molecular weight excluding hydrogens is 390 g/mol. The Morgan fingerprint density at radius 2 is 1.61 bits per heavy atom. The van der Waals surface area contributed by atoms with Gasteiger partial charge in [-0.3, -0.25) is 9.59 Å². The van der Waals surface area contributed by atoms with E-state index in [-0.39, 0.29) is 11.5 Å². The van der Waals surface area contributed by atoms with Crippen LogP contribution in [0.4, 0.5) is 0 Å². The monoisotopic (exact) mass is 423 g/mol. The van der Waals surface area contributed by atoms with Gasteiger partial charge in [-0.2, -0.15) is 0 Å². The van der Waals surface area contributed by atoms with Crippen LogP contribution in [0.15, 0.2) is 47.4 Å². The van der Waals surface area contributed by atoms with Crippen LogP contribution >= 0.6 is 0 Å². The normalized spacial score (nSPS) is 15.6. The van der Waals surface area contributed by atoms with Crippen molar-refractivity contribution >= 4 is 22.5 Å². The van der Waals surface area contributed by atoms with Crippen LogP contribution in [0, 0.1) is 0 Å². The molecule has 7 nitrogen and oxygen atoms in total. The van der Waals surface area contributed by atoms with Crippen LogP contribution in [-0.4, -0.2) is 70.5 Å². The van der Waals surface area contributed by atoms with E-state index in [9.17, 15) is 9.59 Å². The summed E-state index contributed by atoms with van der Waals surface area (Å²) in [6, 6.07) is 11.7. The van der Waals surface area contributed by atoms with Crippen LogP contribution in [0.1, 0.15) is 26.2 Å². The molecule has 0 bridgehead atoms. The molecule has 7 heteroatoms. The average molecular weight is 424 g/mol. The van der Waals surface area contributed by atoms with E-state index in [1.54, 1.807) is 4.57 Å². The van der Waals surface area contributed by atoms with Gasteiger partial charge in [0.2, 0.25) is 5.91 Å². The third kappa shape index (κ3) is 4.99. The number of nitrogens with one attached hydrogen (secondary N) is 1. The quantitative estimate of drug-likeness (QED) is 0.536. The number of likely N-dealkylation sites (N-methyl/N-ethyl adjacent to an activating group) is 1. The average Bonchev–Trinajstić information content (AvgIpc) is 3.30. The number of carbonyl (C=O) groups is 1. The van der Waals surface area contributed by atoms with Crippen molar-refractivity contribution in [2.75, 3.05) is 45.8 Å². The van der Waals surface area contributed by atoms with Gasteiger partial charge in [-0.1, -0.05) is 19.1 Å². The highest BCUT2D eigenvalue weighted by Crippen LogP contribution is 2.15. The van der Waals surface area contributed by atoms with Gasteiger partial charge in [0.1, 0.15) is 5.52 Å². The first kappa shape index (κ1) is 21.6. The molecular formula is C24H33N5O2. The number of hydrogen-bond acceptors (Lipinski definition) is 4. The minimum Gasteiger partial charge on any atom is -0.356 e. The number of aromatic nitrogens is 2. The molecule has 1 aliphatic rings. The van der Waals surface area contributed by atoms with E-state index in [1.807, 2.05) is 47.0 Å². The Morgan fingerprint density at radius 3 is 2.39 bits per heavy atom. The van der Waals surface area contributed by atoms with Crippen molar-refractivity contribution in [2.45, 2.75) is 32.7 Å². The van der Waals surface area contributed by atoms with Crippen LogP contribution in [0.5, 0.6) is 0 Å². The van der Waals surface area contributed by atoms with Gasteiger partial charge in [0.25, 0.3) is 5.56 Å². The van der Waals surface area contributed by atoms with Crippen molar-refractivity contribution in [3.05, 3.63) is 52.9 Å². The number of amides is 1. The first-order chi connectivity index (χ1) is 15.2. The summed E-state index contributed by atoms with van der Waals surface area (Å²) in [6.07, 6.45) is 3.97. The van der Waals surface area contributed by atoms with Gasteiger partial charge in [0, 0.05) is 51.9 Å². The molecule has 166 valence electrons. The maximum Gasteiger partial charge on any atom is 0.275 e. The van der Waals surface area contributed by atoms with Crippen LogP contribution < -0.4 is 10.9 Å². The lowest BCUT2D eigenvalue weighted by atomic mass is 10.2. The molecule has 1 amide bonds. The Kier molecular flexibility index (Phi) is 7.04. The van der Waals surface area contributed by atoms with Gasteiger partial charge in [-0.15, -0.1) is 0 Å². The zero-order chi connectivity index (χ0) is 21.6. The number of aryl methyl sites for hydroxylation is 1. The molecule has 2 aromatic heterocycles. The molecule has 1 aliphatic heterocycles. The maximum atomic E-state index is 12.9. The number of hydrogen-bond donors (Lipinski definition) is 1. The fraction of sp³-hybridized carbons (Fsp3) is 0.500. The summed E-state index contributed by atoms with van der Waals surface area (Å²) in [4.78, 5) is 30.1. The summed E-state index contributed by atoms with van der Waals surface area (Å²) in [7, 11) is 0. The first-order valence-electron chi connectivity index (χ1n) is 11.5. The lowest BCUT2D eigenvalue weighted by Crippen LogP contribution is -2.46. The lowest BCUT2D eigenvalue weighted by Gasteiger charge is -2.33.